The first-order chi connectivity index (χ1) is 12.0. The molecule has 2 aromatic carbocycles. The molecule has 0 fully saturated rings. The van der Waals surface area contributed by atoms with Gasteiger partial charge in [-0.2, -0.15) is 0 Å². The summed E-state index contributed by atoms with van der Waals surface area (Å²) in [7, 11) is 0. The Labute approximate surface area is 150 Å². The van der Waals surface area contributed by atoms with Crippen molar-refractivity contribution in [3.8, 4) is 11.5 Å². The second-order valence-corrected chi connectivity index (χ2v) is 5.99. The van der Waals surface area contributed by atoms with E-state index in [1.54, 1.807) is 6.07 Å². The number of nitro benzene ring substituents is 1. The Kier molecular flexibility index (Phi) is 4.85. The average molecular weight is 403 g/mol. The quantitative estimate of drug-likeness (QED) is 0.515. The summed E-state index contributed by atoms with van der Waals surface area (Å²) in [6.07, 6.45) is 0.0343. The molecular weight excluding hydrogens is 392 g/mol. The number of aromatic nitrogens is 2. The van der Waals surface area contributed by atoms with Gasteiger partial charge in [0, 0.05) is 22.2 Å². The van der Waals surface area contributed by atoms with E-state index < -0.39 is 4.92 Å². The molecular formula is C16H11BrN4O4. The minimum Gasteiger partial charge on any atom is -0.403 e. The molecule has 0 aliphatic rings. The van der Waals surface area contributed by atoms with Gasteiger partial charge in [0.05, 0.1) is 11.3 Å². The molecule has 0 aliphatic heterocycles. The number of nitrogens with zero attached hydrogens (tertiary/aromatic N) is 3. The summed E-state index contributed by atoms with van der Waals surface area (Å²) < 4.78 is 6.29. The van der Waals surface area contributed by atoms with Crippen LogP contribution in [0.2, 0.25) is 0 Å². The molecule has 3 rings (SSSR count). The number of halogens is 1. The topological polar surface area (TPSA) is 111 Å². The van der Waals surface area contributed by atoms with E-state index in [1.807, 2.05) is 18.2 Å². The molecule has 0 atom stereocenters. The second-order valence-electron chi connectivity index (χ2n) is 5.07. The Bertz CT molecular complexity index is 924. The van der Waals surface area contributed by atoms with E-state index >= 15 is 0 Å². The van der Waals surface area contributed by atoms with Gasteiger partial charge in [0.2, 0.25) is 11.8 Å². The Morgan fingerprint density at radius 2 is 1.96 bits per heavy atom. The lowest BCUT2D eigenvalue weighted by Gasteiger charge is -2.01. The van der Waals surface area contributed by atoms with Gasteiger partial charge < -0.3 is 4.42 Å². The first-order valence-corrected chi connectivity index (χ1v) is 7.93. The molecule has 0 aliphatic carbocycles. The van der Waals surface area contributed by atoms with Gasteiger partial charge >= 0.3 is 6.01 Å². The Hall–Kier alpha value is -3.07. The highest BCUT2D eigenvalue weighted by Gasteiger charge is 2.13. The van der Waals surface area contributed by atoms with Crippen LogP contribution in [0.1, 0.15) is 5.56 Å². The van der Waals surface area contributed by atoms with Crippen molar-refractivity contribution >= 4 is 33.5 Å². The molecule has 126 valence electrons. The summed E-state index contributed by atoms with van der Waals surface area (Å²) in [6.45, 7) is 0. The summed E-state index contributed by atoms with van der Waals surface area (Å²) >= 11 is 3.36. The molecule has 8 nitrogen and oxygen atoms in total. The van der Waals surface area contributed by atoms with E-state index in [0.717, 1.165) is 10.0 Å². The SMILES string of the molecule is O=C(Cc1ccc([N+](=O)[O-])cc1)Nc1nnc(-c2cccc(Br)c2)o1. The van der Waals surface area contributed by atoms with Crippen LogP contribution in [0.15, 0.2) is 57.4 Å². The molecule has 0 saturated carbocycles. The maximum atomic E-state index is 12.0. The van der Waals surface area contributed by atoms with E-state index in [-0.39, 0.29) is 29.9 Å². The number of hydrogen-bond acceptors (Lipinski definition) is 6. The predicted molar refractivity (Wildman–Crippen MR) is 92.9 cm³/mol. The van der Waals surface area contributed by atoms with Crippen LogP contribution in [-0.4, -0.2) is 21.0 Å². The molecule has 0 spiro atoms. The van der Waals surface area contributed by atoms with Crippen molar-refractivity contribution in [3.63, 3.8) is 0 Å². The number of nitrogens with one attached hydrogen (secondary N) is 1. The van der Waals surface area contributed by atoms with Gasteiger partial charge in [-0.05, 0) is 23.8 Å². The number of amides is 1. The van der Waals surface area contributed by atoms with Gasteiger partial charge in [0.15, 0.2) is 0 Å². The highest BCUT2D eigenvalue weighted by atomic mass is 79.9. The van der Waals surface area contributed by atoms with Gasteiger partial charge in [0.1, 0.15) is 0 Å². The lowest BCUT2D eigenvalue weighted by molar-refractivity contribution is -0.384. The molecule has 0 bridgehead atoms. The zero-order chi connectivity index (χ0) is 17.8. The van der Waals surface area contributed by atoms with Gasteiger partial charge in [-0.1, -0.05) is 39.2 Å². The third-order valence-electron chi connectivity index (χ3n) is 3.25. The van der Waals surface area contributed by atoms with Crippen LogP contribution < -0.4 is 5.32 Å². The van der Waals surface area contributed by atoms with Crippen LogP contribution in [-0.2, 0) is 11.2 Å². The molecule has 0 saturated heterocycles. The number of carbonyl (C=O) groups excluding carboxylic acids is 1. The number of anilines is 1. The van der Waals surface area contributed by atoms with E-state index in [2.05, 4.69) is 31.4 Å². The number of hydrogen-bond donors (Lipinski definition) is 1. The Morgan fingerprint density at radius 3 is 2.64 bits per heavy atom. The largest absolute Gasteiger partial charge is 0.403 e. The number of rotatable bonds is 5. The molecule has 25 heavy (non-hydrogen) atoms. The van der Waals surface area contributed by atoms with Crippen molar-refractivity contribution in [1.29, 1.82) is 0 Å². The second kappa shape index (κ2) is 7.22. The summed E-state index contributed by atoms with van der Waals surface area (Å²) in [6, 6.07) is 13.1. The van der Waals surface area contributed by atoms with Crippen LogP contribution in [0.3, 0.4) is 0 Å². The minimum atomic E-state index is -0.494. The summed E-state index contributed by atoms with van der Waals surface area (Å²) in [4.78, 5) is 22.1. The molecule has 9 heteroatoms. The maximum absolute atomic E-state index is 12.0. The fourth-order valence-electron chi connectivity index (χ4n) is 2.10. The van der Waals surface area contributed by atoms with Gasteiger partial charge in [0.25, 0.3) is 5.69 Å². The summed E-state index contributed by atoms with van der Waals surface area (Å²) in [5.74, 6) is -0.0785. The van der Waals surface area contributed by atoms with Crippen molar-refractivity contribution in [1.82, 2.24) is 10.2 Å². The lowest BCUT2D eigenvalue weighted by Crippen LogP contribution is -2.14. The van der Waals surface area contributed by atoms with Crippen molar-refractivity contribution < 1.29 is 14.1 Å². The Balaban J connectivity index is 1.64. The Morgan fingerprint density at radius 1 is 1.20 bits per heavy atom. The zero-order valence-electron chi connectivity index (χ0n) is 12.7. The number of nitro groups is 1. The lowest BCUT2D eigenvalue weighted by atomic mass is 10.1. The number of benzene rings is 2. The van der Waals surface area contributed by atoms with E-state index in [9.17, 15) is 14.9 Å². The van der Waals surface area contributed by atoms with E-state index in [4.69, 9.17) is 4.42 Å². The van der Waals surface area contributed by atoms with Crippen molar-refractivity contribution in [2.45, 2.75) is 6.42 Å². The van der Waals surface area contributed by atoms with Gasteiger partial charge in [-0.25, -0.2) is 0 Å². The van der Waals surface area contributed by atoms with Crippen LogP contribution in [0.25, 0.3) is 11.5 Å². The summed E-state index contributed by atoms with van der Waals surface area (Å²) in [5.41, 5.74) is 1.33. The summed E-state index contributed by atoms with van der Waals surface area (Å²) in [5, 5.41) is 20.8. The van der Waals surface area contributed by atoms with E-state index in [0.29, 0.717) is 5.56 Å². The molecule has 0 unspecified atom stereocenters. The number of non-ortho nitro benzene ring substituents is 1. The van der Waals surface area contributed by atoms with Crippen molar-refractivity contribution in [2.75, 3.05) is 5.32 Å². The highest BCUT2D eigenvalue weighted by molar-refractivity contribution is 9.10. The van der Waals surface area contributed by atoms with Crippen molar-refractivity contribution in [2.24, 2.45) is 0 Å². The number of carbonyl (C=O) groups is 1. The van der Waals surface area contributed by atoms with Crippen LogP contribution in [0, 0.1) is 10.1 Å². The molecule has 3 aromatic rings. The van der Waals surface area contributed by atoms with Crippen LogP contribution in [0.4, 0.5) is 11.7 Å². The van der Waals surface area contributed by atoms with Crippen molar-refractivity contribution in [3.05, 3.63) is 68.7 Å². The predicted octanol–water partition coefficient (Wildman–Crippen LogP) is 3.59. The molecule has 1 heterocycles. The first-order valence-electron chi connectivity index (χ1n) is 7.14. The normalized spacial score (nSPS) is 10.4. The third kappa shape index (κ3) is 4.27. The molecule has 1 aromatic heterocycles. The smallest absolute Gasteiger partial charge is 0.322 e. The molecule has 0 radical (unpaired) electrons. The van der Waals surface area contributed by atoms with Crippen LogP contribution >= 0.6 is 15.9 Å². The standard InChI is InChI=1S/C16H11BrN4O4/c17-12-3-1-2-11(9-12)15-19-20-16(25-15)18-14(22)8-10-4-6-13(7-5-10)21(23)24/h1-7,9H,8H2,(H,18,20,22). The van der Waals surface area contributed by atoms with Crippen LogP contribution in [0.5, 0.6) is 0 Å². The fourth-order valence-corrected chi connectivity index (χ4v) is 2.50. The maximum Gasteiger partial charge on any atom is 0.322 e. The van der Waals surface area contributed by atoms with Gasteiger partial charge in [-0.15, -0.1) is 5.10 Å². The zero-order valence-corrected chi connectivity index (χ0v) is 14.3. The van der Waals surface area contributed by atoms with E-state index in [1.165, 1.54) is 24.3 Å². The molecule has 1 amide bonds. The molecule has 1 N–H and O–H groups in total. The average Bonchev–Trinajstić information content (AvgIpc) is 3.03. The minimum absolute atomic E-state index is 0.0121. The monoisotopic (exact) mass is 402 g/mol. The highest BCUT2D eigenvalue weighted by Crippen LogP contribution is 2.23. The third-order valence-corrected chi connectivity index (χ3v) is 3.75. The van der Waals surface area contributed by atoms with Gasteiger partial charge in [-0.3, -0.25) is 20.2 Å². The first kappa shape index (κ1) is 16.8. The fraction of sp³-hybridized carbons (Fsp3) is 0.0625.